The maximum atomic E-state index is 13.0. The number of benzene rings is 3. The molecule has 1 N–H and O–H groups in total. The second-order valence-electron chi connectivity index (χ2n) is 6.65. The molecule has 0 aliphatic rings. The van der Waals surface area contributed by atoms with Crippen LogP contribution >= 0.6 is 17.0 Å². The molecule has 184 valence electrons. The third-order valence-corrected chi connectivity index (χ3v) is 4.34. The van der Waals surface area contributed by atoms with Crippen LogP contribution in [0.5, 0.6) is 5.75 Å². The van der Waals surface area contributed by atoms with Gasteiger partial charge in [-0.3, -0.25) is 15.1 Å². The Morgan fingerprint density at radius 1 is 0.914 bits per heavy atom. The van der Waals surface area contributed by atoms with Crippen molar-refractivity contribution in [3.8, 4) is 16.9 Å². The van der Waals surface area contributed by atoms with Crippen molar-refractivity contribution < 1.29 is 57.2 Å². The molecule has 3 aromatic carbocycles. The molecule has 0 amide bonds. The van der Waals surface area contributed by atoms with Crippen molar-refractivity contribution in [3.05, 3.63) is 87.5 Å². The van der Waals surface area contributed by atoms with Crippen molar-refractivity contribution >= 4 is 34.6 Å². The molecule has 0 heterocycles. The van der Waals surface area contributed by atoms with Gasteiger partial charge in [-0.2, -0.15) is 26.3 Å². The first kappa shape index (κ1) is 28.8. The van der Waals surface area contributed by atoms with E-state index in [-0.39, 0.29) is 17.2 Å². The number of alkyl halides is 6. The second-order valence-corrected chi connectivity index (χ2v) is 10.4. The number of non-ortho nitro benzene ring substituents is 1. The fourth-order valence-electron chi connectivity index (χ4n) is 2.84. The molecule has 3 aromatic rings. The summed E-state index contributed by atoms with van der Waals surface area (Å²) in [4.78, 5) is 14.1. The number of nitro groups is 1. The molecule has 0 bridgehead atoms. The van der Waals surface area contributed by atoms with Crippen LogP contribution in [0.1, 0.15) is 16.7 Å². The fourth-order valence-corrected chi connectivity index (χ4v) is 2.84. The Morgan fingerprint density at radius 2 is 1.43 bits per heavy atom. The van der Waals surface area contributed by atoms with Crippen molar-refractivity contribution in [2.45, 2.75) is 12.4 Å². The van der Waals surface area contributed by atoms with E-state index < -0.39 is 66.4 Å². The minimum absolute atomic E-state index is 0.0428. The van der Waals surface area contributed by atoms with Crippen LogP contribution in [0, 0.1) is 10.1 Å². The molecule has 0 atom stereocenters. The monoisotopic (exact) mass is 614 g/mol. The van der Waals surface area contributed by atoms with E-state index in [1.165, 1.54) is 0 Å². The molecule has 0 fully saturated rings. The van der Waals surface area contributed by atoms with Gasteiger partial charge < -0.3 is 5.11 Å². The number of aliphatic imine (C=N–C) groups is 1. The molecule has 0 aliphatic heterocycles. The van der Waals surface area contributed by atoms with E-state index >= 15 is 0 Å². The number of hydrogen-bond donors (Lipinski definition) is 1. The molecule has 0 saturated heterocycles. The molecule has 0 saturated carbocycles. The summed E-state index contributed by atoms with van der Waals surface area (Å²) in [6.45, 7) is 0. The number of aromatic hydroxyl groups is 1. The molecule has 0 unspecified atom stereocenters. The summed E-state index contributed by atoms with van der Waals surface area (Å²) in [7, 11) is 9.87. The molecule has 0 spiro atoms. The molecule has 0 aliphatic carbocycles. The average Bonchev–Trinajstić information content (AvgIpc) is 2.78. The maximum absolute atomic E-state index is 13.0. The zero-order valence-electron chi connectivity index (χ0n) is 17.0. The molecular weight excluding hydrogens is 604 g/mol. The quantitative estimate of drug-likeness (QED) is 0.139. The summed E-state index contributed by atoms with van der Waals surface area (Å²) in [5.74, 6) is -0.478. The van der Waals surface area contributed by atoms with Crippen molar-refractivity contribution in [2.75, 3.05) is 0 Å². The molecule has 0 radical (unpaired) electrons. The molecule has 14 heteroatoms. The van der Waals surface area contributed by atoms with Gasteiger partial charge in [-0.15, -0.1) is 0 Å². The van der Waals surface area contributed by atoms with Gasteiger partial charge in [-0.1, -0.05) is 30.3 Å². The van der Waals surface area contributed by atoms with Gasteiger partial charge in [-0.05, 0) is 23.8 Å². The fraction of sp³-hybridized carbons (Fsp3) is 0.0952. The van der Waals surface area contributed by atoms with Crippen LogP contribution in [-0.4, -0.2) is 16.2 Å². The number of hydrogen-bond acceptors (Lipinski definition) is 4. The van der Waals surface area contributed by atoms with Crippen LogP contribution in [0.15, 0.2) is 65.7 Å². The minimum atomic E-state index is -5.06. The van der Waals surface area contributed by atoms with Crippen molar-refractivity contribution in [1.82, 2.24) is 0 Å². The van der Waals surface area contributed by atoms with E-state index in [4.69, 9.17) is 17.0 Å². The van der Waals surface area contributed by atoms with Crippen LogP contribution in [-0.2, 0) is 33.2 Å². The van der Waals surface area contributed by atoms with Crippen LogP contribution in [0.2, 0.25) is 0 Å². The van der Waals surface area contributed by atoms with Crippen LogP contribution in [0.3, 0.4) is 0 Å². The number of rotatable bonds is 4. The van der Waals surface area contributed by atoms with E-state index in [2.05, 4.69) is 4.99 Å². The van der Waals surface area contributed by atoms with Crippen LogP contribution in [0.4, 0.5) is 37.7 Å². The normalized spacial score (nSPS) is 11.7. The van der Waals surface area contributed by atoms with Gasteiger partial charge in [0.05, 0.1) is 21.7 Å². The Balaban J connectivity index is 0.00000137. The number of nitro benzene ring substituents is 1. The number of halogens is 8. The Kier molecular flexibility index (Phi) is 9.88. The van der Waals surface area contributed by atoms with Crippen molar-refractivity contribution in [3.63, 3.8) is 0 Å². The third kappa shape index (κ3) is 8.05. The van der Waals surface area contributed by atoms with Gasteiger partial charge in [0.1, 0.15) is 5.75 Å². The summed E-state index contributed by atoms with van der Waals surface area (Å²) in [6, 6.07) is 10.8. The average molecular weight is 616 g/mol. The SMILES string of the molecule is O=[N+]([O-])c1cc(C=Nc2cc(C(F)(F)F)cc(C(F)(F)F)c2)c(O)c(-c2ccccc2)c1.[Cl][Zr][Cl]. The van der Waals surface area contributed by atoms with E-state index in [1.54, 1.807) is 30.3 Å². The zero-order chi connectivity index (χ0) is 26.4. The number of phenolic OH excluding ortho intramolecular Hbond substituents is 1. The number of nitrogens with zero attached hydrogens (tertiary/aromatic N) is 2. The summed E-state index contributed by atoms with van der Waals surface area (Å²) in [5, 5.41) is 21.8. The van der Waals surface area contributed by atoms with Gasteiger partial charge >= 0.3 is 50.2 Å². The third-order valence-electron chi connectivity index (χ3n) is 4.34. The summed E-state index contributed by atoms with van der Waals surface area (Å²) in [5.41, 5.74) is -4.09. The molecule has 5 nitrogen and oxygen atoms in total. The van der Waals surface area contributed by atoms with E-state index in [9.17, 15) is 41.6 Å². The zero-order valence-corrected chi connectivity index (χ0v) is 21.0. The van der Waals surface area contributed by atoms with E-state index in [0.717, 1.165) is 18.3 Å². The molecule has 3 rings (SSSR count). The molecular formula is C21H12Cl2F6N2O3Zr. The van der Waals surface area contributed by atoms with Crippen molar-refractivity contribution in [2.24, 2.45) is 4.99 Å². The Labute approximate surface area is 212 Å². The van der Waals surface area contributed by atoms with Gasteiger partial charge in [0, 0.05) is 29.5 Å². The summed E-state index contributed by atoms with van der Waals surface area (Å²) < 4.78 is 78.1. The van der Waals surface area contributed by atoms with E-state index in [1.807, 2.05) is 0 Å². The van der Waals surface area contributed by atoms with Crippen LogP contribution < -0.4 is 0 Å². The topological polar surface area (TPSA) is 75.7 Å². The Bertz CT molecular complexity index is 1190. The Morgan fingerprint density at radius 3 is 1.89 bits per heavy atom. The van der Waals surface area contributed by atoms with E-state index in [0.29, 0.717) is 17.7 Å². The van der Waals surface area contributed by atoms with Gasteiger partial charge in [0.15, 0.2) is 0 Å². The van der Waals surface area contributed by atoms with Gasteiger partial charge in [0.2, 0.25) is 0 Å². The summed E-state index contributed by atoms with van der Waals surface area (Å²) in [6.07, 6.45) is -9.34. The molecule has 35 heavy (non-hydrogen) atoms. The first-order valence-electron chi connectivity index (χ1n) is 9.14. The predicted octanol–water partition coefficient (Wildman–Crippen LogP) is 8.13. The molecule has 0 aromatic heterocycles. The van der Waals surface area contributed by atoms with Gasteiger partial charge in [0.25, 0.3) is 5.69 Å². The standard InChI is InChI=1S/C21H12F6N2O3.2ClH.Zr/c22-20(23,24)14-7-15(21(25,26)27)9-16(8-14)28-11-13-6-17(29(31)32)10-18(19(13)30)12-4-2-1-3-5-12;;;/h1-11,30H;2*1H;/q;;;+2/p-2. The van der Waals surface area contributed by atoms with Gasteiger partial charge in [-0.25, -0.2) is 0 Å². The summed E-state index contributed by atoms with van der Waals surface area (Å²) >= 11 is -0.826. The first-order valence-corrected chi connectivity index (χ1v) is 15.5. The number of phenols is 1. The first-order chi connectivity index (χ1) is 16.3. The van der Waals surface area contributed by atoms with Crippen molar-refractivity contribution in [1.29, 1.82) is 0 Å². The Hall–Kier alpha value is -2.43. The predicted molar refractivity (Wildman–Crippen MR) is 116 cm³/mol. The second kappa shape index (κ2) is 12.0. The van der Waals surface area contributed by atoms with Crippen LogP contribution in [0.25, 0.3) is 11.1 Å².